The number of hydrogen-bond donors (Lipinski definition) is 3. The van der Waals surface area contributed by atoms with Crippen LogP contribution in [0.3, 0.4) is 0 Å². The van der Waals surface area contributed by atoms with Crippen molar-refractivity contribution in [2.75, 3.05) is 13.6 Å². The maximum atomic E-state index is 12.4. The summed E-state index contributed by atoms with van der Waals surface area (Å²) in [5, 5.41) is 8.90. The molecule has 148 valence electrons. The van der Waals surface area contributed by atoms with Gasteiger partial charge < -0.3 is 20.7 Å². The van der Waals surface area contributed by atoms with E-state index in [9.17, 15) is 13.6 Å². The van der Waals surface area contributed by atoms with Crippen molar-refractivity contribution < 1.29 is 18.3 Å². The SMILES string of the molecule is CCC(C)NC(=O)CCNC(=NC)NCc1ccccc1OC(F)F.I. The van der Waals surface area contributed by atoms with Gasteiger partial charge in [-0.05, 0) is 19.4 Å². The summed E-state index contributed by atoms with van der Waals surface area (Å²) in [6, 6.07) is 6.70. The zero-order valence-electron chi connectivity index (χ0n) is 15.2. The van der Waals surface area contributed by atoms with Gasteiger partial charge in [0, 0.05) is 38.2 Å². The van der Waals surface area contributed by atoms with E-state index in [2.05, 4.69) is 25.7 Å². The highest BCUT2D eigenvalue weighted by molar-refractivity contribution is 14.0. The molecule has 1 amide bonds. The van der Waals surface area contributed by atoms with Crippen LogP contribution < -0.4 is 20.7 Å². The van der Waals surface area contributed by atoms with E-state index in [1.165, 1.54) is 6.07 Å². The second-order valence-electron chi connectivity index (χ2n) is 5.47. The summed E-state index contributed by atoms with van der Waals surface area (Å²) in [7, 11) is 1.59. The highest BCUT2D eigenvalue weighted by Gasteiger charge is 2.10. The van der Waals surface area contributed by atoms with Crippen molar-refractivity contribution in [1.29, 1.82) is 0 Å². The van der Waals surface area contributed by atoms with E-state index in [1.807, 2.05) is 13.8 Å². The van der Waals surface area contributed by atoms with Crippen molar-refractivity contribution in [3.8, 4) is 5.75 Å². The van der Waals surface area contributed by atoms with Crippen molar-refractivity contribution in [3.63, 3.8) is 0 Å². The van der Waals surface area contributed by atoms with Gasteiger partial charge in [0.25, 0.3) is 0 Å². The number of alkyl halides is 2. The summed E-state index contributed by atoms with van der Waals surface area (Å²) in [5.74, 6) is 0.560. The summed E-state index contributed by atoms with van der Waals surface area (Å²) < 4.78 is 29.3. The molecule has 0 saturated heterocycles. The first-order valence-electron chi connectivity index (χ1n) is 8.22. The maximum Gasteiger partial charge on any atom is 0.387 e. The summed E-state index contributed by atoms with van der Waals surface area (Å²) in [6.45, 7) is 1.76. The molecule has 1 aromatic rings. The average Bonchev–Trinajstić information content (AvgIpc) is 2.58. The van der Waals surface area contributed by atoms with Crippen LogP contribution in [-0.2, 0) is 11.3 Å². The lowest BCUT2D eigenvalue weighted by Crippen LogP contribution is -2.40. The smallest absolute Gasteiger partial charge is 0.387 e. The zero-order valence-corrected chi connectivity index (χ0v) is 17.6. The number of carbonyl (C=O) groups excluding carboxylic acids is 1. The number of para-hydroxylation sites is 1. The number of carbonyl (C=O) groups is 1. The molecule has 0 aliphatic heterocycles. The van der Waals surface area contributed by atoms with Crippen molar-refractivity contribution in [3.05, 3.63) is 29.8 Å². The molecular weight excluding hydrogens is 457 g/mol. The molecule has 1 rings (SSSR count). The first-order valence-corrected chi connectivity index (χ1v) is 8.22. The molecule has 0 aromatic heterocycles. The normalized spacial score (nSPS) is 12.2. The minimum atomic E-state index is -2.87. The maximum absolute atomic E-state index is 12.4. The number of amides is 1. The molecule has 3 N–H and O–H groups in total. The number of aliphatic imine (C=N–C) groups is 1. The van der Waals surface area contributed by atoms with E-state index in [-0.39, 0.29) is 48.2 Å². The van der Waals surface area contributed by atoms with Crippen molar-refractivity contribution in [1.82, 2.24) is 16.0 Å². The third kappa shape index (κ3) is 9.73. The van der Waals surface area contributed by atoms with Crippen LogP contribution in [-0.4, -0.2) is 38.1 Å². The Morgan fingerprint density at radius 1 is 1.27 bits per heavy atom. The number of hydrogen-bond acceptors (Lipinski definition) is 3. The monoisotopic (exact) mass is 484 g/mol. The van der Waals surface area contributed by atoms with Crippen LogP contribution in [0, 0.1) is 0 Å². The fraction of sp³-hybridized carbons (Fsp3) is 0.529. The summed E-state index contributed by atoms with van der Waals surface area (Å²) in [6.07, 6.45) is 1.19. The second-order valence-corrected chi connectivity index (χ2v) is 5.47. The Kier molecular flexibility index (Phi) is 12.7. The molecular formula is C17H27F2IN4O2. The predicted molar refractivity (Wildman–Crippen MR) is 109 cm³/mol. The largest absolute Gasteiger partial charge is 0.434 e. The fourth-order valence-electron chi connectivity index (χ4n) is 2.00. The Balaban J connectivity index is 0.00000625. The molecule has 0 spiro atoms. The van der Waals surface area contributed by atoms with Crippen molar-refractivity contribution >= 4 is 35.8 Å². The fourth-order valence-corrected chi connectivity index (χ4v) is 2.00. The molecule has 0 fully saturated rings. The Labute approximate surface area is 170 Å². The Bertz CT molecular complexity index is 573. The molecule has 0 bridgehead atoms. The van der Waals surface area contributed by atoms with Gasteiger partial charge in [-0.3, -0.25) is 9.79 Å². The predicted octanol–water partition coefficient (Wildman–Crippen LogP) is 2.88. The first-order chi connectivity index (χ1) is 12.0. The number of nitrogens with zero attached hydrogens (tertiary/aromatic N) is 1. The number of ether oxygens (including phenoxy) is 1. The molecule has 6 nitrogen and oxygen atoms in total. The topological polar surface area (TPSA) is 74.8 Å². The molecule has 1 aromatic carbocycles. The number of nitrogens with one attached hydrogen (secondary N) is 3. The number of benzene rings is 1. The Morgan fingerprint density at radius 3 is 2.58 bits per heavy atom. The van der Waals surface area contributed by atoms with Gasteiger partial charge in [-0.25, -0.2) is 0 Å². The van der Waals surface area contributed by atoms with Gasteiger partial charge in [-0.1, -0.05) is 25.1 Å². The quantitative estimate of drug-likeness (QED) is 0.287. The molecule has 1 atom stereocenters. The van der Waals surface area contributed by atoms with Crippen LogP contribution in [0.4, 0.5) is 8.78 Å². The van der Waals surface area contributed by atoms with E-state index in [0.717, 1.165) is 6.42 Å². The standard InChI is InChI=1S/C17H26F2N4O2.HI/c1-4-12(2)23-15(24)9-10-21-17(20-3)22-11-13-7-5-6-8-14(13)25-16(18)19;/h5-8,12,16H,4,9-11H2,1-3H3,(H,23,24)(H2,20,21,22);1H. The van der Waals surface area contributed by atoms with Crippen LogP contribution in [0.25, 0.3) is 0 Å². The summed E-state index contributed by atoms with van der Waals surface area (Å²) >= 11 is 0. The number of guanidine groups is 1. The van der Waals surface area contributed by atoms with Crippen LogP contribution in [0.15, 0.2) is 29.3 Å². The first kappa shape index (κ1) is 24.4. The molecule has 26 heavy (non-hydrogen) atoms. The minimum Gasteiger partial charge on any atom is -0.434 e. The number of rotatable bonds is 9. The van der Waals surface area contributed by atoms with Crippen LogP contribution in [0.5, 0.6) is 5.75 Å². The molecule has 0 saturated carbocycles. The van der Waals surface area contributed by atoms with E-state index in [4.69, 9.17) is 0 Å². The number of halogens is 3. The van der Waals surface area contributed by atoms with Gasteiger partial charge >= 0.3 is 6.61 Å². The molecule has 0 aliphatic carbocycles. The van der Waals surface area contributed by atoms with E-state index >= 15 is 0 Å². The third-order valence-corrected chi connectivity index (χ3v) is 3.52. The minimum absolute atomic E-state index is 0. The lowest BCUT2D eigenvalue weighted by molar-refractivity contribution is -0.121. The van der Waals surface area contributed by atoms with Gasteiger partial charge in [0.05, 0.1) is 0 Å². The van der Waals surface area contributed by atoms with E-state index in [1.54, 1.807) is 25.2 Å². The highest BCUT2D eigenvalue weighted by Crippen LogP contribution is 2.19. The highest BCUT2D eigenvalue weighted by atomic mass is 127. The lowest BCUT2D eigenvalue weighted by atomic mass is 10.2. The lowest BCUT2D eigenvalue weighted by Gasteiger charge is -2.15. The summed E-state index contributed by atoms with van der Waals surface area (Å²) in [4.78, 5) is 15.8. The van der Waals surface area contributed by atoms with Crippen molar-refractivity contribution in [2.45, 2.75) is 45.9 Å². The van der Waals surface area contributed by atoms with Crippen molar-refractivity contribution in [2.24, 2.45) is 4.99 Å². The second kappa shape index (κ2) is 13.5. The van der Waals surface area contributed by atoms with Crippen LogP contribution in [0.1, 0.15) is 32.3 Å². The Hall–Kier alpha value is -1.65. The van der Waals surface area contributed by atoms with E-state index in [0.29, 0.717) is 24.5 Å². The summed E-state index contributed by atoms with van der Waals surface area (Å²) in [5.41, 5.74) is 0.584. The van der Waals surface area contributed by atoms with Gasteiger partial charge in [0.2, 0.25) is 5.91 Å². The zero-order chi connectivity index (χ0) is 18.7. The molecule has 1 unspecified atom stereocenters. The van der Waals surface area contributed by atoms with Gasteiger partial charge in [0.1, 0.15) is 5.75 Å². The van der Waals surface area contributed by atoms with Gasteiger partial charge in [0.15, 0.2) is 5.96 Å². The molecule has 0 aliphatic rings. The molecule has 9 heteroatoms. The average molecular weight is 484 g/mol. The van der Waals surface area contributed by atoms with Crippen LogP contribution >= 0.6 is 24.0 Å². The molecule has 0 radical (unpaired) electrons. The molecule has 0 heterocycles. The van der Waals surface area contributed by atoms with Gasteiger partial charge in [-0.2, -0.15) is 8.78 Å². The van der Waals surface area contributed by atoms with Gasteiger partial charge in [-0.15, -0.1) is 24.0 Å². The van der Waals surface area contributed by atoms with Crippen LogP contribution in [0.2, 0.25) is 0 Å². The van der Waals surface area contributed by atoms with E-state index < -0.39 is 6.61 Å². The Morgan fingerprint density at radius 2 is 1.96 bits per heavy atom. The third-order valence-electron chi connectivity index (χ3n) is 3.52.